The van der Waals surface area contributed by atoms with Crippen LogP contribution in [0.3, 0.4) is 0 Å². The first kappa shape index (κ1) is 19.9. The van der Waals surface area contributed by atoms with Gasteiger partial charge >= 0.3 is 5.97 Å². The van der Waals surface area contributed by atoms with Crippen molar-refractivity contribution in [3.63, 3.8) is 0 Å². The van der Waals surface area contributed by atoms with Crippen LogP contribution >= 0.6 is 0 Å². The summed E-state index contributed by atoms with van der Waals surface area (Å²) in [6, 6.07) is 13.0. The summed E-state index contributed by atoms with van der Waals surface area (Å²) in [5.41, 5.74) is 6.49. The molecular weight excluding hydrogens is 378 g/mol. The molecule has 2 aromatic rings. The van der Waals surface area contributed by atoms with Gasteiger partial charge in [0.15, 0.2) is 13.2 Å². The summed E-state index contributed by atoms with van der Waals surface area (Å²) in [5, 5.41) is 2.54. The van der Waals surface area contributed by atoms with Crippen LogP contribution in [0.4, 0.5) is 11.4 Å². The summed E-state index contributed by atoms with van der Waals surface area (Å²) in [7, 11) is 0. The highest BCUT2D eigenvalue weighted by Crippen LogP contribution is 2.31. The van der Waals surface area contributed by atoms with Gasteiger partial charge in [0, 0.05) is 17.8 Å². The summed E-state index contributed by atoms with van der Waals surface area (Å²) in [6.45, 7) is -0.443. The van der Waals surface area contributed by atoms with Crippen molar-refractivity contribution in [1.82, 2.24) is 0 Å². The number of nitrogens with two attached hydrogens (primary N) is 1. The number of carbonyl (C=O) groups excluding carboxylic acids is 4. The molecule has 29 heavy (non-hydrogen) atoms. The molecule has 0 unspecified atom stereocenters. The SMILES string of the molecule is NC(=O)c1ccc(NC(=O)COC(=O)CCN2C(=O)COc3ccccc32)cc1. The van der Waals surface area contributed by atoms with E-state index < -0.39 is 24.4 Å². The Balaban J connectivity index is 1.46. The Kier molecular flexibility index (Phi) is 6.08. The van der Waals surface area contributed by atoms with E-state index in [2.05, 4.69) is 5.32 Å². The first-order chi connectivity index (χ1) is 13.9. The highest BCUT2D eigenvalue weighted by atomic mass is 16.5. The molecule has 9 nitrogen and oxygen atoms in total. The van der Waals surface area contributed by atoms with Gasteiger partial charge in [0.25, 0.3) is 11.8 Å². The maximum absolute atomic E-state index is 12.1. The van der Waals surface area contributed by atoms with Gasteiger partial charge in [-0.3, -0.25) is 19.2 Å². The number of nitrogens with one attached hydrogen (secondary N) is 1. The smallest absolute Gasteiger partial charge is 0.308 e. The third-order valence-corrected chi connectivity index (χ3v) is 4.17. The van der Waals surface area contributed by atoms with Gasteiger partial charge in [0.1, 0.15) is 5.75 Å². The highest BCUT2D eigenvalue weighted by molar-refractivity contribution is 5.98. The van der Waals surface area contributed by atoms with E-state index in [0.29, 0.717) is 22.7 Å². The predicted molar refractivity (Wildman–Crippen MR) is 103 cm³/mol. The van der Waals surface area contributed by atoms with Crippen molar-refractivity contribution in [2.24, 2.45) is 5.73 Å². The molecule has 0 spiro atoms. The van der Waals surface area contributed by atoms with Gasteiger partial charge < -0.3 is 25.4 Å². The molecule has 0 aromatic heterocycles. The average Bonchev–Trinajstić information content (AvgIpc) is 2.72. The lowest BCUT2D eigenvalue weighted by Crippen LogP contribution is -2.40. The molecule has 0 saturated heterocycles. The van der Waals surface area contributed by atoms with Gasteiger partial charge in [-0.05, 0) is 36.4 Å². The number of ether oxygens (including phenoxy) is 2. The van der Waals surface area contributed by atoms with E-state index in [1.165, 1.54) is 29.2 Å². The van der Waals surface area contributed by atoms with Gasteiger partial charge in [-0.2, -0.15) is 0 Å². The number of carbonyl (C=O) groups is 4. The molecule has 1 aliphatic heterocycles. The Morgan fingerprint density at radius 2 is 1.83 bits per heavy atom. The maximum Gasteiger partial charge on any atom is 0.308 e. The minimum atomic E-state index is -0.610. The lowest BCUT2D eigenvalue weighted by molar-refractivity contribution is -0.147. The number of benzene rings is 2. The van der Waals surface area contributed by atoms with Crippen LogP contribution in [0.5, 0.6) is 5.75 Å². The van der Waals surface area contributed by atoms with E-state index >= 15 is 0 Å². The van der Waals surface area contributed by atoms with Crippen molar-refractivity contribution in [3.8, 4) is 5.75 Å². The van der Waals surface area contributed by atoms with Crippen molar-refractivity contribution in [2.75, 3.05) is 30.0 Å². The van der Waals surface area contributed by atoms with E-state index in [1.807, 2.05) is 0 Å². The van der Waals surface area contributed by atoms with Gasteiger partial charge in [-0.25, -0.2) is 0 Å². The van der Waals surface area contributed by atoms with E-state index in [-0.39, 0.29) is 25.5 Å². The molecule has 0 aliphatic carbocycles. The zero-order chi connectivity index (χ0) is 20.8. The Hall–Kier alpha value is -3.88. The van der Waals surface area contributed by atoms with Crippen molar-refractivity contribution in [3.05, 3.63) is 54.1 Å². The van der Waals surface area contributed by atoms with Crippen LogP contribution in [0.15, 0.2) is 48.5 Å². The summed E-state index contributed by atoms with van der Waals surface area (Å²) >= 11 is 0. The molecule has 3 rings (SSSR count). The zero-order valence-corrected chi connectivity index (χ0v) is 15.4. The first-order valence-corrected chi connectivity index (χ1v) is 8.81. The van der Waals surface area contributed by atoms with E-state index in [4.69, 9.17) is 15.2 Å². The monoisotopic (exact) mass is 397 g/mol. The Labute approximate surface area is 166 Å². The minimum absolute atomic E-state index is 0.0688. The minimum Gasteiger partial charge on any atom is -0.482 e. The number of amides is 3. The van der Waals surface area contributed by atoms with Gasteiger partial charge in [-0.1, -0.05) is 12.1 Å². The quantitative estimate of drug-likeness (QED) is 0.673. The van der Waals surface area contributed by atoms with Crippen LogP contribution in [0.1, 0.15) is 16.8 Å². The Bertz CT molecular complexity index is 941. The van der Waals surface area contributed by atoms with Gasteiger partial charge in [0.2, 0.25) is 5.91 Å². The number of nitrogens with zero attached hydrogens (tertiary/aromatic N) is 1. The second-order valence-corrected chi connectivity index (χ2v) is 6.20. The molecule has 0 atom stereocenters. The third kappa shape index (κ3) is 5.10. The van der Waals surface area contributed by atoms with Crippen molar-refractivity contribution < 1.29 is 28.7 Å². The molecule has 1 aliphatic rings. The van der Waals surface area contributed by atoms with Gasteiger partial charge in [0.05, 0.1) is 12.1 Å². The highest BCUT2D eigenvalue weighted by Gasteiger charge is 2.25. The molecule has 0 bridgehead atoms. The number of esters is 1. The first-order valence-electron chi connectivity index (χ1n) is 8.81. The van der Waals surface area contributed by atoms with E-state index in [1.54, 1.807) is 24.3 Å². The van der Waals surface area contributed by atoms with E-state index in [0.717, 1.165) is 0 Å². The average molecular weight is 397 g/mol. The third-order valence-electron chi connectivity index (χ3n) is 4.17. The molecule has 0 saturated carbocycles. The van der Waals surface area contributed by atoms with Crippen LogP contribution in [0, 0.1) is 0 Å². The lowest BCUT2D eigenvalue weighted by Gasteiger charge is -2.28. The molecule has 0 radical (unpaired) electrons. The fourth-order valence-electron chi connectivity index (χ4n) is 2.74. The summed E-state index contributed by atoms with van der Waals surface area (Å²) in [6.07, 6.45) is -0.0688. The fourth-order valence-corrected chi connectivity index (χ4v) is 2.74. The Morgan fingerprint density at radius 1 is 1.10 bits per heavy atom. The van der Waals surface area contributed by atoms with Crippen molar-refractivity contribution in [2.45, 2.75) is 6.42 Å². The molecular formula is C20H19N3O6. The predicted octanol–water partition coefficient (Wildman–Crippen LogP) is 1.08. The number of fused-ring (bicyclic) bond motifs is 1. The standard InChI is InChI=1S/C20H19N3O6/c21-20(27)13-5-7-14(8-6-13)22-17(24)11-29-19(26)9-10-23-15-3-1-2-4-16(15)28-12-18(23)25/h1-8H,9-12H2,(H2,21,27)(H,22,24). The second kappa shape index (κ2) is 8.87. The molecule has 3 amide bonds. The molecule has 1 heterocycles. The number of hydrogen-bond acceptors (Lipinski definition) is 6. The largest absolute Gasteiger partial charge is 0.482 e. The van der Waals surface area contributed by atoms with Crippen LogP contribution in [-0.2, 0) is 19.1 Å². The van der Waals surface area contributed by atoms with Crippen LogP contribution in [0.25, 0.3) is 0 Å². The lowest BCUT2D eigenvalue weighted by atomic mass is 10.2. The molecule has 3 N–H and O–H groups in total. The zero-order valence-electron chi connectivity index (χ0n) is 15.4. The summed E-state index contributed by atoms with van der Waals surface area (Å²) in [4.78, 5) is 48.4. The maximum atomic E-state index is 12.1. The molecule has 2 aromatic carbocycles. The molecule has 0 fully saturated rings. The Morgan fingerprint density at radius 3 is 2.55 bits per heavy atom. The normalized spacial score (nSPS) is 12.6. The van der Waals surface area contributed by atoms with Crippen LogP contribution in [-0.4, -0.2) is 43.4 Å². The number of para-hydroxylation sites is 2. The van der Waals surface area contributed by atoms with Crippen molar-refractivity contribution >= 4 is 35.1 Å². The number of hydrogen-bond donors (Lipinski definition) is 2. The number of anilines is 2. The fraction of sp³-hybridized carbons (Fsp3) is 0.200. The molecule has 150 valence electrons. The summed E-state index contributed by atoms with van der Waals surface area (Å²) in [5.74, 6) is -1.40. The number of rotatable bonds is 7. The van der Waals surface area contributed by atoms with E-state index in [9.17, 15) is 19.2 Å². The van der Waals surface area contributed by atoms with Crippen LogP contribution in [0.2, 0.25) is 0 Å². The van der Waals surface area contributed by atoms with Crippen LogP contribution < -0.4 is 20.7 Å². The van der Waals surface area contributed by atoms with Crippen molar-refractivity contribution in [1.29, 1.82) is 0 Å². The second-order valence-electron chi connectivity index (χ2n) is 6.20. The van der Waals surface area contributed by atoms with Gasteiger partial charge in [-0.15, -0.1) is 0 Å². The molecule has 9 heteroatoms. The number of primary amides is 1. The summed E-state index contributed by atoms with van der Waals surface area (Å²) < 4.78 is 10.3. The topological polar surface area (TPSA) is 128 Å².